The van der Waals surface area contributed by atoms with Crippen LogP contribution in [-0.2, 0) is 0 Å². The van der Waals surface area contributed by atoms with Crippen LogP contribution in [0.3, 0.4) is 0 Å². The minimum absolute atomic E-state index is 0.311. The first-order chi connectivity index (χ1) is 8.73. The average molecular weight is 275 g/mol. The summed E-state index contributed by atoms with van der Waals surface area (Å²) in [6, 6.07) is 7.15. The molecular weight excluding hydrogens is 269 g/mol. The largest absolute Gasteiger partial charge is 0.461 e. The molecule has 0 atom stereocenters. The molecule has 1 heterocycles. The molecule has 2 aromatic rings. The number of carbonyl (C=O) groups is 1. The maximum atomic E-state index is 12.9. The van der Waals surface area contributed by atoms with Gasteiger partial charge in [-0.2, -0.15) is 22.0 Å². The van der Waals surface area contributed by atoms with Crippen LogP contribution in [0.2, 0.25) is 0 Å². The molecule has 0 spiro atoms. The molecule has 0 bridgehead atoms. The lowest BCUT2D eigenvalue weighted by molar-refractivity contribution is -0.255. The first kappa shape index (κ1) is 13.4. The van der Waals surface area contributed by atoms with E-state index in [-0.39, 0.29) is 0 Å². The zero-order valence-corrected chi connectivity index (χ0v) is 9.21. The van der Waals surface area contributed by atoms with Crippen molar-refractivity contribution in [2.45, 2.75) is 12.1 Å². The molecule has 1 aromatic carbocycles. The number of fused-ring (bicyclic) bond motifs is 1. The molecule has 0 aliphatic rings. The summed E-state index contributed by atoms with van der Waals surface area (Å²) in [5.74, 6) is -7.73. The second-order valence-corrected chi connectivity index (χ2v) is 3.82. The number of hydrogen-bond acceptors (Lipinski definition) is 2. The van der Waals surface area contributed by atoms with Crippen LogP contribution in [0, 0.1) is 0 Å². The molecule has 0 fully saturated rings. The molecule has 0 aliphatic heterocycles. The van der Waals surface area contributed by atoms with Gasteiger partial charge in [-0.05, 0) is 12.1 Å². The molecule has 0 saturated heterocycles. The predicted octanol–water partition coefficient (Wildman–Crippen LogP) is 3.62. The van der Waals surface area contributed by atoms with Crippen LogP contribution in [0.4, 0.5) is 22.0 Å². The predicted molar refractivity (Wildman–Crippen MR) is 57.1 cm³/mol. The Kier molecular flexibility index (Phi) is 3.00. The molecule has 2 rings (SSSR count). The van der Waals surface area contributed by atoms with Gasteiger partial charge >= 0.3 is 12.1 Å². The van der Waals surface area contributed by atoms with E-state index in [9.17, 15) is 26.7 Å². The lowest BCUT2D eigenvalue weighted by Crippen LogP contribution is -2.44. The van der Waals surface area contributed by atoms with Crippen molar-refractivity contribution in [2.24, 2.45) is 0 Å². The average Bonchev–Trinajstić information content (AvgIpc) is 2.36. The van der Waals surface area contributed by atoms with Crippen LogP contribution in [0.15, 0.2) is 36.5 Å². The summed E-state index contributed by atoms with van der Waals surface area (Å²) in [4.78, 5) is 14.9. The Labute approximate surface area is 103 Å². The molecule has 0 amide bonds. The van der Waals surface area contributed by atoms with E-state index in [1.54, 1.807) is 18.2 Å². The van der Waals surface area contributed by atoms with Gasteiger partial charge in [-0.15, -0.1) is 0 Å². The number of alkyl halides is 5. The van der Waals surface area contributed by atoms with Crippen molar-refractivity contribution in [2.75, 3.05) is 0 Å². The van der Waals surface area contributed by atoms with Crippen molar-refractivity contribution in [3.8, 4) is 0 Å². The van der Waals surface area contributed by atoms with E-state index < -0.39 is 23.4 Å². The van der Waals surface area contributed by atoms with E-state index in [0.717, 1.165) is 6.07 Å². The number of hydrogen-bond donors (Lipinski definition) is 0. The van der Waals surface area contributed by atoms with E-state index in [1.165, 1.54) is 6.07 Å². The van der Waals surface area contributed by atoms with Crippen LogP contribution in [0.25, 0.3) is 10.9 Å². The Hall–Kier alpha value is -2.05. The maximum absolute atomic E-state index is 12.9. The summed E-state index contributed by atoms with van der Waals surface area (Å²) in [6.07, 6.45) is -5.21. The number of nitrogens with zero attached hydrogens (tertiary/aromatic N) is 1. The molecule has 7 heteroatoms. The topological polar surface area (TPSA) is 30.0 Å². The fraction of sp³-hybridized carbons (Fsp3) is 0.167. The minimum Gasteiger partial charge on any atom is -0.287 e. The zero-order valence-electron chi connectivity index (χ0n) is 9.21. The standard InChI is InChI=1S/C12H6F5NO/c13-11(14,12(15,16)17)10(19)8-5-7-3-1-2-4-9(7)18-6-8/h1-6H. The number of para-hydroxylation sites is 1. The summed E-state index contributed by atoms with van der Waals surface area (Å²) in [5.41, 5.74) is -0.379. The number of ketones is 1. The van der Waals surface area contributed by atoms with Gasteiger partial charge in [0, 0.05) is 17.1 Å². The van der Waals surface area contributed by atoms with E-state index in [4.69, 9.17) is 0 Å². The monoisotopic (exact) mass is 275 g/mol. The van der Waals surface area contributed by atoms with Gasteiger partial charge in [0.1, 0.15) is 0 Å². The van der Waals surface area contributed by atoms with Crippen molar-refractivity contribution in [3.05, 3.63) is 42.1 Å². The van der Waals surface area contributed by atoms with Crippen LogP contribution in [-0.4, -0.2) is 22.9 Å². The Balaban J connectivity index is 2.48. The van der Waals surface area contributed by atoms with E-state index in [1.807, 2.05) is 0 Å². The van der Waals surface area contributed by atoms with Crippen molar-refractivity contribution >= 4 is 16.7 Å². The fourth-order valence-electron chi connectivity index (χ4n) is 1.51. The molecule has 1 aromatic heterocycles. The highest BCUT2D eigenvalue weighted by Gasteiger charge is 2.63. The van der Waals surface area contributed by atoms with Crippen LogP contribution < -0.4 is 0 Å². The number of halogens is 5. The first-order valence-electron chi connectivity index (χ1n) is 5.07. The van der Waals surface area contributed by atoms with Gasteiger partial charge < -0.3 is 0 Å². The van der Waals surface area contributed by atoms with Gasteiger partial charge in [0.15, 0.2) is 0 Å². The highest BCUT2D eigenvalue weighted by molar-refractivity contribution is 6.03. The Morgan fingerprint density at radius 2 is 1.68 bits per heavy atom. The highest BCUT2D eigenvalue weighted by Crippen LogP contribution is 2.38. The number of rotatable bonds is 2. The molecule has 0 radical (unpaired) electrons. The third-order valence-corrected chi connectivity index (χ3v) is 2.49. The van der Waals surface area contributed by atoms with Gasteiger partial charge in [-0.25, -0.2) is 0 Å². The number of aromatic nitrogens is 1. The van der Waals surface area contributed by atoms with E-state index >= 15 is 0 Å². The van der Waals surface area contributed by atoms with E-state index in [0.29, 0.717) is 17.1 Å². The maximum Gasteiger partial charge on any atom is 0.461 e. The van der Waals surface area contributed by atoms with Crippen LogP contribution in [0.1, 0.15) is 10.4 Å². The lowest BCUT2D eigenvalue weighted by atomic mass is 10.0. The molecular formula is C12H6F5NO. The number of pyridine rings is 1. The summed E-state index contributed by atoms with van der Waals surface area (Å²) < 4.78 is 62.1. The summed E-state index contributed by atoms with van der Waals surface area (Å²) in [5, 5.41) is 0.311. The van der Waals surface area contributed by atoms with Gasteiger partial charge in [-0.1, -0.05) is 18.2 Å². The minimum atomic E-state index is -5.92. The molecule has 19 heavy (non-hydrogen) atoms. The van der Waals surface area contributed by atoms with Gasteiger partial charge in [0.2, 0.25) is 5.78 Å². The zero-order chi connectivity index (χ0) is 14.3. The molecule has 100 valence electrons. The quantitative estimate of drug-likeness (QED) is 0.619. The summed E-state index contributed by atoms with van der Waals surface area (Å²) in [7, 11) is 0. The van der Waals surface area contributed by atoms with Crippen LogP contribution in [0.5, 0.6) is 0 Å². The second-order valence-electron chi connectivity index (χ2n) is 3.82. The van der Waals surface area contributed by atoms with Crippen molar-refractivity contribution in [1.29, 1.82) is 0 Å². The molecule has 0 N–H and O–H groups in total. The Morgan fingerprint density at radius 3 is 2.32 bits per heavy atom. The second kappa shape index (κ2) is 4.25. The van der Waals surface area contributed by atoms with Gasteiger partial charge in [0.25, 0.3) is 0 Å². The van der Waals surface area contributed by atoms with Gasteiger partial charge in [-0.3, -0.25) is 9.78 Å². The number of Topliss-reactive ketones (excluding diaryl/α,β-unsaturated/α-hetero) is 1. The number of benzene rings is 1. The molecule has 2 nitrogen and oxygen atoms in total. The Bertz CT molecular complexity index is 635. The molecule has 0 saturated carbocycles. The summed E-state index contributed by atoms with van der Waals surface area (Å²) in [6.45, 7) is 0. The first-order valence-corrected chi connectivity index (χ1v) is 5.07. The van der Waals surface area contributed by atoms with E-state index in [2.05, 4.69) is 4.98 Å². The molecule has 0 unspecified atom stereocenters. The fourth-order valence-corrected chi connectivity index (χ4v) is 1.51. The third-order valence-electron chi connectivity index (χ3n) is 2.49. The van der Waals surface area contributed by atoms with Crippen LogP contribution >= 0.6 is 0 Å². The SMILES string of the molecule is O=C(c1cnc2ccccc2c1)C(F)(F)C(F)(F)F. The molecule has 0 aliphatic carbocycles. The van der Waals surface area contributed by atoms with Crippen molar-refractivity contribution in [3.63, 3.8) is 0 Å². The number of carbonyl (C=O) groups excluding carboxylic acids is 1. The van der Waals surface area contributed by atoms with Gasteiger partial charge in [0.05, 0.1) is 5.52 Å². The van der Waals surface area contributed by atoms with Crippen molar-refractivity contribution in [1.82, 2.24) is 4.98 Å². The lowest BCUT2D eigenvalue weighted by Gasteiger charge is -2.17. The van der Waals surface area contributed by atoms with Crippen molar-refractivity contribution < 1.29 is 26.7 Å². The highest BCUT2D eigenvalue weighted by atomic mass is 19.4. The Morgan fingerprint density at radius 1 is 1.05 bits per heavy atom. The normalized spacial score (nSPS) is 12.7. The third kappa shape index (κ3) is 2.27. The summed E-state index contributed by atoms with van der Waals surface area (Å²) >= 11 is 0. The smallest absolute Gasteiger partial charge is 0.287 e.